The van der Waals surface area contributed by atoms with Crippen LogP contribution in [0, 0.1) is 11.8 Å². The molecule has 0 bridgehead atoms. The van der Waals surface area contributed by atoms with E-state index in [9.17, 15) is 24.3 Å². The van der Waals surface area contributed by atoms with Crippen LogP contribution in [0.3, 0.4) is 0 Å². The fraction of sp³-hybridized carbons (Fsp3) is 0.615. The van der Waals surface area contributed by atoms with Gasteiger partial charge in [0, 0.05) is 25.4 Å². The van der Waals surface area contributed by atoms with E-state index in [0.29, 0.717) is 32.4 Å². The highest BCUT2D eigenvalue weighted by Crippen LogP contribution is 2.20. The standard InChI is InChI=1S/C26H39N3O6/c1-17(2)15-20(28-25(34)35-26(3,4)5)23(31)29-13-11-19(12-14-29)22(30)27-21(24(32)33)16-18-9-7-6-8-10-18/h6-10,17,19-21H,11-16H2,1-5H3,(H,27,30)(H,28,34)(H,32,33)/t20-,21-/m0/s1. The van der Waals surface area contributed by atoms with E-state index < -0.39 is 29.7 Å². The maximum atomic E-state index is 13.2. The number of benzene rings is 1. The van der Waals surface area contributed by atoms with Gasteiger partial charge in [-0.25, -0.2) is 9.59 Å². The van der Waals surface area contributed by atoms with Crippen molar-refractivity contribution in [1.29, 1.82) is 0 Å². The lowest BCUT2D eigenvalue weighted by atomic mass is 9.94. The first-order valence-electron chi connectivity index (χ1n) is 12.2. The van der Waals surface area contributed by atoms with E-state index in [1.165, 1.54) is 0 Å². The number of amides is 3. The van der Waals surface area contributed by atoms with Gasteiger partial charge >= 0.3 is 12.1 Å². The number of ether oxygens (including phenoxy) is 1. The van der Waals surface area contributed by atoms with E-state index in [4.69, 9.17) is 4.74 Å². The number of nitrogens with zero attached hydrogens (tertiary/aromatic N) is 1. The fourth-order valence-electron chi connectivity index (χ4n) is 4.06. The van der Waals surface area contributed by atoms with Crippen LogP contribution in [0.15, 0.2) is 30.3 Å². The summed E-state index contributed by atoms with van der Waals surface area (Å²) in [5.41, 5.74) is 0.157. The van der Waals surface area contributed by atoms with Gasteiger partial charge in [0.2, 0.25) is 11.8 Å². The summed E-state index contributed by atoms with van der Waals surface area (Å²) in [5, 5.41) is 14.9. The van der Waals surface area contributed by atoms with Gasteiger partial charge in [0.1, 0.15) is 17.7 Å². The third-order valence-electron chi connectivity index (χ3n) is 5.77. The van der Waals surface area contributed by atoms with Crippen LogP contribution in [0.5, 0.6) is 0 Å². The molecule has 2 rings (SSSR count). The molecule has 1 fully saturated rings. The van der Waals surface area contributed by atoms with E-state index in [1.807, 2.05) is 44.2 Å². The molecule has 1 aliphatic rings. The Morgan fingerprint density at radius 1 is 1.03 bits per heavy atom. The van der Waals surface area contributed by atoms with Gasteiger partial charge in [-0.3, -0.25) is 9.59 Å². The van der Waals surface area contributed by atoms with E-state index in [1.54, 1.807) is 25.7 Å². The maximum Gasteiger partial charge on any atom is 0.408 e. The molecule has 35 heavy (non-hydrogen) atoms. The zero-order valence-corrected chi connectivity index (χ0v) is 21.4. The van der Waals surface area contributed by atoms with Crippen LogP contribution in [0.4, 0.5) is 4.79 Å². The highest BCUT2D eigenvalue weighted by atomic mass is 16.6. The van der Waals surface area contributed by atoms with Gasteiger partial charge in [0.05, 0.1) is 0 Å². The van der Waals surface area contributed by atoms with Gasteiger partial charge in [-0.1, -0.05) is 44.2 Å². The Morgan fingerprint density at radius 2 is 1.63 bits per heavy atom. The van der Waals surface area contributed by atoms with E-state index in [0.717, 1.165) is 5.56 Å². The Kier molecular flexibility index (Phi) is 10.1. The summed E-state index contributed by atoms with van der Waals surface area (Å²) in [6.45, 7) is 9.95. The lowest BCUT2D eigenvalue weighted by molar-refractivity contribution is -0.143. The normalized spacial score (nSPS) is 16.3. The zero-order valence-electron chi connectivity index (χ0n) is 21.4. The molecule has 1 saturated heterocycles. The van der Waals surface area contributed by atoms with Crippen LogP contribution < -0.4 is 10.6 Å². The number of nitrogens with one attached hydrogen (secondary N) is 2. The molecule has 3 N–H and O–H groups in total. The molecule has 3 amide bonds. The summed E-state index contributed by atoms with van der Waals surface area (Å²) in [6.07, 6.45) is 0.889. The minimum absolute atomic E-state index is 0.180. The molecule has 194 valence electrons. The van der Waals surface area contributed by atoms with Crippen LogP contribution in [-0.4, -0.2) is 64.7 Å². The molecule has 0 radical (unpaired) electrons. The predicted octanol–water partition coefficient (Wildman–Crippen LogP) is 2.98. The quantitative estimate of drug-likeness (QED) is 0.490. The highest BCUT2D eigenvalue weighted by Gasteiger charge is 2.34. The molecule has 1 aromatic carbocycles. The summed E-state index contributed by atoms with van der Waals surface area (Å²) in [7, 11) is 0. The number of likely N-dealkylation sites (tertiary alicyclic amines) is 1. The number of hydrogen-bond donors (Lipinski definition) is 3. The average Bonchev–Trinajstić information content (AvgIpc) is 2.76. The van der Waals surface area contributed by atoms with Gasteiger partial charge in [-0.2, -0.15) is 0 Å². The van der Waals surface area contributed by atoms with Crippen molar-refractivity contribution in [1.82, 2.24) is 15.5 Å². The highest BCUT2D eigenvalue weighted by molar-refractivity contribution is 5.87. The van der Waals surface area contributed by atoms with E-state index >= 15 is 0 Å². The second-order valence-corrected chi connectivity index (χ2v) is 10.5. The van der Waals surface area contributed by atoms with Crippen LogP contribution in [0.2, 0.25) is 0 Å². The Hall–Kier alpha value is -3.10. The third-order valence-corrected chi connectivity index (χ3v) is 5.77. The molecular formula is C26H39N3O6. The second-order valence-electron chi connectivity index (χ2n) is 10.5. The van der Waals surface area contributed by atoms with E-state index in [2.05, 4.69) is 10.6 Å². The topological polar surface area (TPSA) is 125 Å². The number of piperidine rings is 1. The summed E-state index contributed by atoms with van der Waals surface area (Å²) >= 11 is 0. The number of hydrogen-bond acceptors (Lipinski definition) is 5. The van der Waals surface area contributed by atoms with Gasteiger partial charge in [-0.05, 0) is 51.5 Å². The minimum Gasteiger partial charge on any atom is -0.480 e. The SMILES string of the molecule is CC(C)C[C@H](NC(=O)OC(C)(C)C)C(=O)N1CCC(C(=O)N[C@@H](Cc2ccccc2)C(=O)O)CC1. The van der Waals surface area contributed by atoms with Gasteiger partial charge in [0.25, 0.3) is 0 Å². The Morgan fingerprint density at radius 3 is 2.14 bits per heavy atom. The van der Waals surface area contributed by atoms with Crippen LogP contribution >= 0.6 is 0 Å². The molecule has 1 aromatic rings. The summed E-state index contributed by atoms with van der Waals surface area (Å²) in [6, 6.07) is 7.42. The Bertz CT molecular complexity index is 873. The molecule has 1 heterocycles. The number of carboxylic acids is 1. The number of aliphatic carboxylic acids is 1. The third kappa shape index (κ3) is 9.58. The first kappa shape index (κ1) is 28.1. The van der Waals surface area contributed by atoms with Gasteiger partial charge < -0.3 is 25.4 Å². The monoisotopic (exact) mass is 489 g/mol. The summed E-state index contributed by atoms with van der Waals surface area (Å²) in [4.78, 5) is 51.6. The molecule has 0 aliphatic carbocycles. The van der Waals surface area contributed by atoms with Crippen molar-refractivity contribution >= 4 is 23.9 Å². The van der Waals surface area contributed by atoms with Gasteiger partial charge in [0.15, 0.2) is 0 Å². The summed E-state index contributed by atoms with van der Waals surface area (Å²) in [5.74, 6) is -1.79. The van der Waals surface area contributed by atoms with Gasteiger partial charge in [-0.15, -0.1) is 0 Å². The first-order chi connectivity index (χ1) is 16.4. The fourth-order valence-corrected chi connectivity index (χ4v) is 4.06. The zero-order chi connectivity index (χ0) is 26.2. The largest absolute Gasteiger partial charge is 0.480 e. The lowest BCUT2D eigenvalue weighted by Crippen LogP contribution is -2.53. The molecular weight excluding hydrogens is 450 g/mol. The van der Waals surface area contributed by atoms with Crippen molar-refractivity contribution in [3.05, 3.63) is 35.9 Å². The Balaban J connectivity index is 1.93. The molecule has 9 nitrogen and oxygen atoms in total. The van der Waals surface area contributed by atoms with Crippen molar-refractivity contribution in [2.75, 3.05) is 13.1 Å². The number of rotatable bonds is 9. The number of carboxylic acid groups (broad SMARTS) is 1. The van der Waals surface area contributed by atoms with Crippen LogP contribution in [0.1, 0.15) is 59.4 Å². The van der Waals surface area contributed by atoms with Crippen LogP contribution in [-0.2, 0) is 25.5 Å². The average molecular weight is 490 g/mol. The van der Waals surface area contributed by atoms with Crippen molar-refractivity contribution < 1.29 is 29.0 Å². The lowest BCUT2D eigenvalue weighted by Gasteiger charge is -2.34. The maximum absolute atomic E-state index is 13.2. The number of carbonyl (C=O) groups is 4. The number of alkyl carbamates (subject to hydrolysis) is 1. The Labute approximate surface area is 207 Å². The second kappa shape index (κ2) is 12.6. The minimum atomic E-state index is -1.08. The molecule has 0 unspecified atom stereocenters. The predicted molar refractivity (Wildman–Crippen MR) is 132 cm³/mol. The van der Waals surface area contributed by atoms with Crippen molar-refractivity contribution in [3.63, 3.8) is 0 Å². The number of carbonyl (C=O) groups excluding carboxylic acids is 3. The first-order valence-corrected chi connectivity index (χ1v) is 12.2. The molecule has 2 atom stereocenters. The smallest absolute Gasteiger partial charge is 0.408 e. The van der Waals surface area contributed by atoms with E-state index in [-0.39, 0.29) is 30.1 Å². The van der Waals surface area contributed by atoms with Crippen molar-refractivity contribution in [3.8, 4) is 0 Å². The van der Waals surface area contributed by atoms with Crippen molar-refractivity contribution in [2.24, 2.45) is 11.8 Å². The van der Waals surface area contributed by atoms with Crippen LogP contribution in [0.25, 0.3) is 0 Å². The molecule has 0 saturated carbocycles. The molecule has 9 heteroatoms. The molecule has 0 spiro atoms. The van der Waals surface area contributed by atoms with Crippen molar-refractivity contribution in [2.45, 2.75) is 78.0 Å². The molecule has 0 aromatic heterocycles. The molecule has 1 aliphatic heterocycles. The summed E-state index contributed by atoms with van der Waals surface area (Å²) < 4.78 is 5.31.